The average molecular weight is 409 g/mol. The van der Waals surface area contributed by atoms with Crippen LogP contribution in [-0.2, 0) is 9.53 Å². The van der Waals surface area contributed by atoms with Gasteiger partial charge in [-0.3, -0.25) is 4.79 Å². The molecule has 0 unspecified atom stereocenters. The van der Waals surface area contributed by atoms with E-state index in [0.717, 1.165) is 6.42 Å². The number of amides is 1. The van der Waals surface area contributed by atoms with Gasteiger partial charge in [0.2, 0.25) is 0 Å². The molecule has 0 aliphatic carbocycles. The van der Waals surface area contributed by atoms with E-state index < -0.39 is 18.4 Å². The van der Waals surface area contributed by atoms with E-state index in [2.05, 4.69) is 19.0 Å². The summed E-state index contributed by atoms with van der Waals surface area (Å²) in [5.41, 5.74) is -0.128. The van der Waals surface area contributed by atoms with Crippen molar-refractivity contribution < 1.29 is 23.2 Å². The normalized spacial score (nSPS) is 19.5. The molecule has 1 aromatic heterocycles. The summed E-state index contributed by atoms with van der Waals surface area (Å²) < 4.78 is 24.5. The highest BCUT2D eigenvalue weighted by atomic mass is 35.5. The first-order chi connectivity index (χ1) is 13.3. The van der Waals surface area contributed by atoms with Crippen molar-refractivity contribution >= 4 is 23.5 Å². The van der Waals surface area contributed by atoms with Crippen LogP contribution in [0.4, 0.5) is 4.39 Å². The van der Waals surface area contributed by atoms with Crippen LogP contribution in [0.3, 0.4) is 0 Å². The molecule has 0 spiro atoms. The molecule has 1 fully saturated rings. The van der Waals surface area contributed by atoms with Gasteiger partial charge in [-0.05, 0) is 37.3 Å². The summed E-state index contributed by atoms with van der Waals surface area (Å²) in [5, 5.41) is 3.86. The van der Waals surface area contributed by atoms with Gasteiger partial charge in [-0.2, -0.15) is 0 Å². The number of carbonyl (C=O) groups excluding carboxylic acids is 2. The number of aryl methyl sites for hydroxylation is 1. The Balaban J connectivity index is 1.75. The summed E-state index contributed by atoms with van der Waals surface area (Å²) in [6.07, 6.45) is 1.07. The Hall–Kier alpha value is -2.41. The van der Waals surface area contributed by atoms with E-state index in [4.69, 9.17) is 20.9 Å². The van der Waals surface area contributed by atoms with Gasteiger partial charge in [0.05, 0.1) is 10.6 Å². The highest BCUT2D eigenvalue weighted by Gasteiger charge is 2.29. The van der Waals surface area contributed by atoms with Gasteiger partial charge >= 0.3 is 5.97 Å². The lowest BCUT2D eigenvalue weighted by Gasteiger charge is -2.34. The predicted molar refractivity (Wildman–Crippen MR) is 101 cm³/mol. The number of ether oxygens (including phenoxy) is 1. The van der Waals surface area contributed by atoms with Crippen molar-refractivity contribution in [2.24, 2.45) is 11.8 Å². The maximum Gasteiger partial charge on any atom is 0.344 e. The lowest BCUT2D eigenvalue weighted by Crippen LogP contribution is -2.44. The van der Waals surface area contributed by atoms with Crippen molar-refractivity contribution in [1.82, 2.24) is 10.1 Å². The quantitative estimate of drug-likeness (QED) is 0.712. The molecular formula is C20H22ClFN2O4. The van der Waals surface area contributed by atoms with Crippen LogP contribution in [-0.4, -0.2) is 41.6 Å². The molecule has 1 saturated heterocycles. The van der Waals surface area contributed by atoms with Crippen LogP contribution in [0, 0.1) is 24.6 Å². The van der Waals surface area contributed by atoms with Gasteiger partial charge in [-0.15, -0.1) is 0 Å². The molecule has 28 heavy (non-hydrogen) atoms. The van der Waals surface area contributed by atoms with Gasteiger partial charge in [0.15, 0.2) is 6.61 Å². The molecule has 3 rings (SSSR count). The maximum atomic E-state index is 14.2. The molecule has 0 saturated carbocycles. The fourth-order valence-corrected chi connectivity index (χ4v) is 3.92. The largest absolute Gasteiger partial charge is 0.452 e. The van der Waals surface area contributed by atoms with Crippen molar-refractivity contribution in [3.05, 3.63) is 40.4 Å². The Morgan fingerprint density at radius 2 is 2.00 bits per heavy atom. The van der Waals surface area contributed by atoms with E-state index in [9.17, 15) is 14.0 Å². The van der Waals surface area contributed by atoms with Crippen LogP contribution in [0.2, 0.25) is 5.02 Å². The standard InChI is InChI=1S/C20H22ClFN2O4/c1-11-7-12(2)9-24(8-11)16(25)10-27-20(26)17-13(3)28-23-19(17)18-14(21)5-4-6-15(18)22/h4-6,11-12H,7-10H2,1-3H3/t11-,12-/m1/s1. The first kappa shape index (κ1) is 20.3. The number of hydrogen-bond donors (Lipinski definition) is 0. The zero-order valence-corrected chi connectivity index (χ0v) is 16.8. The number of aromatic nitrogens is 1. The van der Waals surface area contributed by atoms with E-state index in [1.165, 1.54) is 25.1 Å². The number of likely N-dealkylation sites (tertiary alicyclic amines) is 1. The minimum atomic E-state index is -0.806. The number of carbonyl (C=O) groups is 2. The second kappa shape index (κ2) is 8.31. The van der Waals surface area contributed by atoms with Gasteiger partial charge in [0, 0.05) is 13.1 Å². The SMILES string of the molecule is Cc1onc(-c2c(F)cccc2Cl)c1C(=O)OCC(=O)N1C[C@H](C)C[C@@H](C)C1. The molecule has 1 aromatic carbocycles. The number of nitrogens with zero attached hydrogens (tertiary/aromatic N) is 2. The Labute approximate surface area is 167 Å². The minimum absolute atomic E-state index is 0.0415. The third-order valence-corrected chi connectivity index (χ3v) is 5.13. The van der Waals surface area contributed by atoms with E-state index in [1.807, 2.05) is 0 Å². The van der Waals surface area contributed by atoms with E-state index in [0.29, 0.717) is 24.9 Å². The molecule has 0 radical (unpaired) electrons. The highest BCUT2D eigenvalue weighted by Crippen LogP contribution is 2.33. The minimum Gasteiger partial charge on any atom is -0.452 e. The van der Waals surface area contributed by atoms with Crippen LogP contribution in [0.25, 0.3) is 11.3 Å². The van der Waals surface area contributed by atoms with Crippen LogP contribution in [0.5, 0.6) is 0 Å². The van der Waals surface area contributed by atoms with Crippen LogP contribution < -0.4 is 0 Å². The molecule has 1 aliphatic rings. The number of hydrogen-bond acceptors (Lipinski definition) is 5. The average Bonchev–Trinajstić information content (AvgIpc) is 2.99. The number of halogens is 2. The number of esters is 1. The molecular weight excluding hydrogens is 387 g/mol. The molecule has 2 atom stereocenters. The Morgan fingerprint density at radius 1 is 1.32 bits per heavy atom. The van der Waals surface area contributed by atoms with Crippen LogP contribution >= 0.6 is 11.6 Å². The van der Waals surface area contributed by atoms with E-state index >= 15 is 0 Å². The smallest absolute Gasteiger partial charge is 0.344 e. The molecule has 2 heterocycles. The van der Waals surface area contributed by atoms with Crippen LogP contribution in [0.15, 0.2) is 22.7 Å². The summed E-state index contributed by atoms with van der Waals surface area (Å²) in [6, 6.07) is 4.15. The van der Waals surface area contributed by atoms with Gasteiger partial charge < -0.3 is 14.2 Å². The first-order valence-corrected chi connectivity index (χ1v) is 9.51. The Morgan fingerprint density at radius 3 is 2.64 bits per heavy atom. The summed E-state index contributed by atoms with van der Waals surface area (Å²) in [4.78, 5) is 26.8. The van der Waals surface area contributed by atoms with Crippen molar-refractivity contribution in [3.63, 3.8) is 0 Å². The first-order valence-electron chi connectivity index (χ1n) is 9.13. The molecule has 1 amide bonds. The maximum absolute atomic E-state index is 14.2. The topological polar surface area (TPSA) is 72.6 Å². The van der Waals surface area contributed by atoms with Crippen molar-refractivity contribution in [2.75, 3.05) is 19.7 Å². The fraction of sp³-hybridized carbons (Fsp3) is 0.450. The third-order valence-electron chi connectivity index (χ3n) is 4.81. The van der Waals surface area contributed by atoms with Gasteiger partial charge in [0.1, 0.15) is 22.8 Å². The molecule has 0 bridgehead atoms. The van der Waals surface area contributed by atoms with Crippen LogP contribution in [0.1, 0.15) is 36.4 Å². The second-order valence-corrected chi connectivity index (χ2v) is 7.79. The summed E-state index contributed by atoms with van der Waals surface area (Å²) >= 11 is 6.07. The molecule has 1 aliphatic heterocycles. The Bertz CT molecular complexity index is 868. The Kier molecular flexibility index (Phi) is 6.03. The second-order valence-electron chi connectivity index (χ2n) is 7.38. The zero-order valence-electron chi connectivity index (χ0n) is 16.0. The summed E-state index contributed by atoms with van der Waals surface area (Å²) in [5.74, 6) is -0.739. The summed E-state index contributed by atoms with van der Waals surface area (Å²) in [6.45, 7) is 6.58. The van der Waals surface area contributed by atoms with Crippen molar-refractivity contribution in [3.8, 4) is 11.3 Å². The van der Waals surface area contributed by atoms with Gasteiger partial charge in [-0.25, -0.2) is 9.18 Å². The molecule has 8 heteroatoms. The van der Waals surface area contributed by atoms with E-state index in [1.54, 1.807) is 4.90 Å². The van der Waals surface area contributed by atoms with Gasteiger partial charge in [-0.1, -0.05) is 36.7 Å². The number of rotatable bonds is 4. The highest BCUT2D eigenvalue weighted by molar-refractivity contribution is 6.33. The van der Waals surface area contributed by atoms with Crippen molar-refractivity contribution in [2.45, 2.75) is 27.2 Å². The van der Waals surface area contributed by atoms with Gasteiger partial charge in [0.25, 0.3) is 5.91 Å². The molecule has 150 valence electrons. The fourth-order valence-electron chi connectivity index (χ4n) is 3.66. The van der Waals surface area contributed by atoms with E-state index in [-0.39, 0.29) is 33.5 Å². The lowest BCUT2D eigenvalue weighted by atomic mass is 9.92. The third kappa shape index (κ3) is 4.19. The zero-order chi connectivity index (χ0) is 20.4. The molecule has 6 nitrogen and oxygen atoms in total. The summed E-state index contributed by atoms with van der Waals surface area (Å²) in [7, 11) is 0. The molecule has 0 N–H and O–H groups in total. The lowest BCUT2D eigenvalue weighted by molar-refractivity contribution is -0.137. The van der Waals surface area contributed by atoms with Crippen molar-refractivity contribution in [1.29, 1.82) is 0 Å². The number of piperidine rings is 1. The predicted octanol–water partition coefficient (Wildman–Crippen LogP) is 4.10. The monoisotopic (exact) mass is 408 g/mol. The number of benzene rings is 1. The molecule has 2 aromatic rings.